The van der Waals surface area contributed by atoms with Crippen molar-refractivity contribution in [3.8, 4) is 0 Å². The number of ketones is 1. The molecule has 0 unspecified atom stereocenters. The van der Waals surface area contributed by atoms with Crippen LogP contribution >= 0.6 is 11.6 Å². The molecule has 0 aliphatic heterocycles. The van der Waals surface area contributed by atoms with Crippen LogP contribution in [0.5, 0.6) is 0 Å². The number of nitrogens with zero attached hydrogens (tertiary/aromatic N) is 2. The second-order valence-corrected chi connectivity index (χ2v) is 5.41. The van der Waals surface area contributed by atoms with E-state index in [1.165, 1.54) is 5.57 Å². The van der Waals surface area contributed by atoms with Crippen LogP contribution in [0.3, 0.4) is 0 Å². The van der Waals surface area contributed by atoms with Crippen molar-refractivity contribution in [1.29, 1.82) is 0 Å². The Labute approximate surface area is 119 Å². The minimum atomic E-state index is 0.252. The van der Waals surface area contributed by atoms with Crippen molar-refractivity contribution in [3.05, 3.63) is 28.1 Å². The Balaban J connectivity index is 2.27. The van der Waals surface area contributed by atoms with E-state index in [0.717, 1.165) is 55.1 Å². The van der Waals surface area contributed by atoms with E-state index >= 15 is 0 Å². The average Bonchev–Trinajstić information content (AvgIpc) is 2.57. The first-order valence-corrected chi connectivity index (χ1v) is 7.49. The van der Waals surface area contributed by atoms with E-state index < -0.39 is 0 Å². The number of aryl methyl sites for hydroxylation is 2. The molecule has 1 heterocycles. The molecule has 0 atom stereocenters. The monoisotopic (exact) mass is 280 g/mol. The van der Waals surface area contributed by atoms with Gasteiger partial charge in [0, 0.05) is 19.4 Å². The Morgan fingerprint density at radius 2 is 2.05 bits per heavy atom. The number of allylic oxidation sites excluding steroid dienone is 2. The zero-order valence-corrected chi connectivity index (χ0v) is 12.5. The summed E-state index contributed by atoms with van der Waals surface area (Å²) in [5, 5.41) is 5.31. The minimum absolute atomic E-state index is 0.252. The van der Waals surface area contributed by atoms with Crippen LogP contribution in [0.4, 0.5) is 0 Å². The summed E-state index contributed by atoms with van der Waals surface area (Å²) in [7, 11) is 0. The summed E-state index contributed by atoms with van der Waals surface area (Å²) in [6, 6.07) is 0. The number of hydrogen-bond acceptors (Lipinski definition) is 2. The van der Waals surface area contributed by atoms with Crippen LogP contribution in [0.2, 0.25) is 5.02 Å². The summed E-state index contributed by atoms with van der Waals surface area (Å²) in [6.07, 6.45) is 7.20. The first-order chi connectivity index (χ1) is 9.15. The third-order valence-electron chi connectivity index (χ3n) is 3.62. The molecule has 104 valence electrons. The quantitative estimate of drug-likeness (QED) is 0.842. The van der Waals surface area contributed by atoms with Crippen LogP contribution < -0.4 is 0 Å². The zero-order chi connectivity index (χ0) is 13.8. The van der Waals surface area contributed by atoms with Crippen LogP contribution in [-0.2, 0) is 24.2 Å². The molecule has 0 aromatic carbocycles. The lowest BCUT2D eigenvalue weighted by atomic mass is 10.0. The topological polar surface area (TPSA) is 34.9 Å². The summed E-state index contributed by atoms with van der Waals surface area (Å²) in [6.45, 7) is 4.95. The summed E-state index contributed by atoms with van der Waals surface area (Å²) < 4.78 is 1.97. The summed E-state index contributed by atoms with van der Waals surface area (Å²) in [5.41, 5.74) is 3.21. The van der Waals surface area contributed by atoms with Crippen molar-refractivity contribution < 1.29 is 4.79 Å². The number of rotatable bonds is 4. The van der Waals surface area contributed by atoms with Gasteiger partial charge in [0.25, 0.3) is 0 Å². The van der Waals surface area contributed by atoms with Gasteiger partial charge in [-0.15, -0.1) is 0 Å². The van der Waals surface area contributed by atoms with Crippen molar-refractivity contribution in [2.45, 2.75) is 58.9 Å². The first-order valence-electron chi connectivity index (χ1n) is 7.12. The van der Waals surface area contributed by atoms with Gasteiger partial charge in [-0.2, -0.15) is 5.10 Å². The molecule has 0 fully saturated rings. The lowest BCUT2D eigenvalue weighted by Crippen LogP contribution is -2.05. The highest BCUT2D eigenvalue weighted by Crippen LogP contribution is 2.26. The second kappa shape index (κ2) is 6.38. The molecule has 0 radical (unpaired) electrons. The van der Waals surface area contributed by atoms with Crippen molar-refractivity contribution in [2.75, 3.05) is 0 Å². The Morgan fingerprint density at radius 1 is 1.32 bits per heavy atom. The maximum atomic E-state index is 11.7. The van der Waals surface area contributed by atoms with Gasteiger partial charge in [-0.05, 0) is 38.7 Å². The molecule has 0 saturated heterocycles. The number of carbonyl (C=O) groups excluding carboxylic acids is 1. The predicted molar refractivity (Wildman–Crippen MR) is 77.6 cm³/mol. The fraction of sp³-hybridized carbons (Fsp3) is 0.600. The molecular weight excluding hydrogens is 260 g/mol. The van der Waals surface area contributed by atoms with E-state index in [9.17, 15) is 4.79 Å². The van der Waals surface area contributed by atoms with Gasteiger partial charge in [0.2, 0.25) is 0 Å². The van der Waals surface area contributed by atoms with Crippen LogP contribution in [0.15, 0.2) is 11.6 Å². The zero-order valence-electron chi connectivity index (χ0n) is 11.7. The molecule has 0 bridgehead atoms. The molecule has 4 heteroatoms. The molecule has 0 amide bonds. The Morgan fingerprint density at radius 3 is 2.74 bits per heavy atom. The molecule has 1 aromatic rings. The Hall–Kier alpha value is -1.09. The van der Waals surface area contributed by atoms with E-state index in [1.807, 2.05) is 10.8 Å². The summed E-state index contributed by atoms with van der Waals surface area (Å²) >= 11 is 6.41. The van der Waals surface area contributed by atoms with Crippen molar-refractivity contribution in [1.82, 2.24) is 9.78 Å². The maximum Gasteiger partial charge on any atom is 0.155 e. The van der Waals surface area contributed by atoms with Gasteiger partial charge in [-0.25, -0.2) is 0 Å². The largest absolute Gasteiger partial charge is 0.295 e. The van der Waals surface area contributed by atoms with Crippen LogP contribution in [0.1, 0.15) is 50.9 Å². The second-order valence-electron chi connectivity index (χ2n) is 5.03. The van der Waals surface area contributed by atoms with Gasteiger partial charge >= 0.3 is 0 Å². The highest BCUT2D eigenvalue weighted by atomic mass is 35.5. The number of carbonyl (C=O) groups is 1. The van der Waals surface area contributed by atoms with Crippen molar-refractivity contribution in [3.63, 3.8) is 0 Å². The normalized spacial score (nSPS) is 16.4. The van der Waals surface area contributed by atoms with Gasteiger partial charge in [-0.3, -0.25) is 9.48 Å². The van der Waals surface area contributed by atoms with Gasteiger partial charge in [0.15, 0.2) is 5.78 Å². The fourth-order valence-electron chi connectivity index (χ4n) is 2.56. The third kappa shape index (κ3) is 3.27. The summed E-state index contributed by atoms with van der Waals surface area (Å²) in [4.78, 5) is 11.7. The van der Waals surface area contributed by atoms with Crippen LogP contribution in [0.25, 0.3) is 0 Å². The third-order valence-corrected chi connectivity index (χ3v) is 4.06. The molecule has 19 heavy (non-hydrogen) atoms. The molecule has 2 rings (SSSR count). The smallest absolute Gasteiger partial charge is 0.155 e. The van der Waals surface area contributed by atoms with E-state index in [4.69, 9.17) is 11.6 Å². The molecule has 3 nitrogen and oxygen atoms in total. The summed E-state index contributed by atoms with van der Waals surface area (Å²) in [5.74, 6) is 0.252. The minimum Gasteiger partial charge on any atom is -0.295 e. The van der Waals surface area contributed by atoms with Gasteiger partial charge in [0.1, 0.15) is 0 Å². The van der Waals surface area contributed by atoms with Gasteiger partial charge in [0.05, 0.1) is 16.4 Å². The number of hydrogen-bond donors (Lipinski definition) is 0. The molecule has 0 spiro atoms. The van der Waals surface area contributed by atoms with Gasteiger partial charge < -0.3 is 0 Å². The standard InChI is InChI=1S/C15H21ClN2O/c1-3-13-15(16)14(18(4-2)17-13)10-11-7-5-6-8-12(19)9-11/h9H,3-8,10H2,1-2H3. The predicted octanol–water partition coefficient (Wildman–Crippen LogP) is 3.73. The van der Waals surface area contributed by atoms with E-state index in [2.05, 4.69) is 18.9 Å². The van der Waals surface area contributed by atoms with E-state index in [0.29, 0.717) is 6.42 Å². The van der Waals surface area contributed by atoms with Crippen LogP contribution in [0, 0.1) is 0 Å². The van der Waals surface area contributed by atoms with Crippen molar-refractivity contribution >= 4 is 17.4 Å². The van der Waals surface area contributed by atoms with Crippen molar-refractivity contribution in [2.24, 2.45) is 0 Å². The molecule has 0 saturated carbocycles. The number of halogens is 1. The highest BCUT2D eigenvalue weighted by molar-refractivity contribution is 6.31. The first kappa shape index (κ1) is 14.3. The fourth-order valence-corrected chi connectivity index (χ4v) is 2.90. The maximum absolute atomic E-state index is 11.7. The molecular formula is C15H21ClN2O. The molecule has 1 aliphatic rings. The van der Waals surface area contributed by atoms with E-state index in [1.54, 1.807) is 0 Å². The Bertz CT molecular complexity index is 502. The van der Waals surface area contributed by atoms with E-state index in [-0.39, 0.29) is 5.78 Å². The Kier molecular flexibility index (Phi) is 4.81. The lowest BCUT2D eigenvalue weighted by molar-refractivity contribution is -0.114. The number of aromatic nitrogens is 2. The lowest BCUT2D eigenvalue weighted by Gasteiger charge is -2.08. The van der Waals surface area contributed by atoms with Crippen LogP contribution in [-0.4, -0.2) is 15.6 Å². The average molecular weight is 281 g/mol. The molecule has 0 N–H and O–H groups in total. The highest BCUT2D eigenvalue weighted by Gasteiger charge is 2.17. The SMILES string of the molecule is CCc1nn(CC)c(CC2=CC(=O)CCCC2)c1Cl. The molecule has 1 aliphatic carbocycles. The molecule has 1 aromatic heterocycles. The van der Waals surface area contributed by atoms with Gasteiger partial charge in [-0.1, -0.05) is 24.1 Å².